The van der Waals surface area contributed by atoms with Crippen molar-refractivity contribution in [1.82, 2.24) is 65.2 Å². The number of fused-ring (bicyclic) bond motifs is 25. The van der Waals surface area contributed by atoms with E-state index in [-0.39, 0.29) is 224 Å². The van der Waals surface area contributed by atoms with E-state index in [0.29, 0.717) is 77.2 Å². The number of aromatic nitrogens is 10. The molecule has 15 aliphatic rings. The zero-order valence-corrected chi connectivity index (χ0v) is 82.6. The first kappa shape index (κ1) is 100. The molecular formula is C101H111F5N28O12S3. The summed E-state index contributed by atoms with van der Waals surface area (Å²) >= 11 is 1.92. The smallest absolute Gasteiger partial charge is 0.251 e. The number of thioether (sulfide) groups is 1. The van der Waals surface area contributed by atoms with Gasteiger partial charge in [-0.15, -0.1) is 0 Å². The molecule has 149 heavy (non-hydrogen) atoms. The van der Waals surface area contributed by atoms with Crippen LogP contribution in [0.5, 0.6) is 5.75 Å². The summed E-state index contributed by atoms with van der Waals surface area (Å²) in [7, 11) is -7.03. The molecule has 5 aromatic carbocycles. The molecule has 5 aromatic heterocycles. The van der Waals surface area contributed by atoms with Crippen molar-refractivity contribution in [3.8, 4) is 5.75 Å². The first-order valence-corrected chi connectivity index (χ1v) is 54.3. The average molecular weight is 2100 g/mol. The molecule has 23 N–H and O–H groups in total. The number of anilines is 15. The van der Waals surface area contributed by atoms with Crippen LogP contribution in [0.3, 0.4) is 0 Å². The number of halogens is 5. The van der Waals surface area contributed by atoms with Gasteiger partial charge in [-0.1, -0.05) is 36.4 Å². The Morgan fingerprint density at radius 2 is 0.705 bits per heavy atom. The predicted octanol–water partition coefficient (Wildman–Crippen LogP) is 9.85. The Kier molecular flexibility index (Phi) is 28.0. The van der Waals surface area contributed by atoms with Gasteiger partial charge in [-0.3, -0.25) is 33.6 Å². The first-order valence-electron chi connectivity index (χ1n) is 49.9. The second-order valence-corrected chi connectivity index (χ2v) is 46.6. The predicted molar refractivity (Wildman–Crippen MR) is 542 cm³/mol. The number of ether oxygens (including phenoxy) is 1. The van der Waals surface area contributed by atoms with Crippen LogP contribution >= 0.6 is 11.8 Å². The molecule has 48 heteroatoms. The van der Waals surface area contributed by atoms with E-state index in [2.05, 4.69) is 118 Å². The molecule has 3 unspecified atom stereocenters. The van der Waals surface area contributed by atoms with Crippen molar-refractivity contribution in [2.45, 2.75) is 123 Å². The Balaban J connectivity index is 0.000000109. The van der Waals surface area contributed by atoms with E-state index in [9.17, 15) is 72.3 Å². The van der Waals surface area contributed by atoms with Gasteiger partial charge in [-0.2, -0.15) is 36.7 Å². The zero-order chi connectivity index (χ0) is 104. The van der Waals surface area contributed by atoms with Gasteiger partial charge in [-0.05, 0) is 250 Å². The highest BCUT2D eigenvalue weighted by Crippen LogP contribution is 2.59. The van der Waals surface area contributed by atoms with Crippen LogP contribution < -0.4 is 102 Å². The number of hydrogen-bond acceptors (Lipinski definition) is 33. The van der Waals surface area contributed by atoms with Gasteiger partial charge in [0.1, 0.15) is 5.75 Å². The molecule has 0 radical (unpaired) electrons. The number of primary amides is 5. The molecule has 10 saturated carbocycles. The molecule has 25 rings (SSSR count). The Bertz CT molecular complexity index is 6990. The van der Waals surface area contributed by atoms with E-state index >= 15 is 0 Å². The molecule has 0 saturated heterocycles. The highest BCUT2D eigenvalue weighted by Gasteiger charge is 2.61. The molecule has 5 aliphatic heterocycles. The van der Waals surface area contributed by atoms with Gasteiger partial charge in [0, 0.05) is 101 Å². The quantitative estimate of drug-likeness (QED) is 0.0712. The van der Waals surface area contributed by atoms with Gasteiger partial charge < -0.3 is 97.2 Å². The topological polar surface area (TPSA) is 612 Å². The minimum absolute atomic E-state index is 0.00601. The minimum Gasteiger partial charge on any atom is -0.493 e. The van der Waals surface area contributed by atoms with Crippen LogP contribution in [-0.4, -0.2) is 181 Å². The number of carbonyl (C=O) groups is 7. The average Bonchev–Trinajstić information content (AvgIpc) is 1.62. The van der Waals surface area contributed by atoms with E-state index in [1.165, 1.54) is 12.1 Å². The van der Waals surface area contributed by atoms with Crippen molar-refractivity contribution in [2.24, 2.45) is 141 Å². The fourth-order valence-corrected chi connectivity index (χ4v) is 30.5. The summed E-state index contributed by atoms with van der Waals surface area (Å²) in [6, 6.07) is 33.1. The number of sulfone groups is 1. The largest absolute Gasteiger partial charge is 0.493 e. The summed E-state index contributed by atoms with van der Waals surface area (Å²) < 4.78 is 132. The Hall–Kier alpha value is -14.6. The Labute approximate surface area is 856 Å². The standard InChI is InChI=1S/C21H24FN5O3S.C21H24FN5O2S.2C20H21FN6O2.C19H21FN6O3S/c22-16-9-24-21-25-14-3-1-2-11(6-14)10-31(29,30)5-4-12-7-13-8-15(12)18(17(13)19(23)28)26-20(16)27-21;22-15-10-24-21-25-12-3-1-4-13(9-12)29-5-2-6-30-16-8-11-7-14(16)18(17(11)19(23)28)26-20(15)27-21;2*21-14-8-24-20-25-12-3-1-2-9(5-12)19(29)23-7-11-4-10-6-13(11)16(15(10)17(22)28)26-18(14)27-20;20-14-8-22-19-24-11-2-1-3-12(6-11)30(28,29)23-7-10-4-9-5-13(10)16(15(9)17(21)27)25-18(14)26-19/h1-3,6,9,12-13,15,17-18H,4-5,7-8,10H2,(H2,23,28)(H2,24,25,26,27);1,3-4,9-11,14,16-18H,2,5-8H2,(H2,23,28)(H2,24,25,26,27);2*1-3,5,8,10-11,13,15-16H,4,6-7H2,(H2,22,28)(H,23,29)(H2,24,25,26,27);1-3,6,8-10,13,15-16,23H,4-5,7H2,(H2,21,27)(H2,22,24,25,26)/t12-,13-,15-,17+,18-;11-,14+,16+,17-,18+;2*10-,11?,13-,15+,16-;9-,10?,13-,15+,16-/m10111/s1. The summed E-state index contributed by atoms with van der Waals surface area (Å²) in [6.07, 6.45) is 15.0. The van der Waals surface area contributed by atoms with Crippen LogP contribution in [0.4, 0.5) is 109 Å². The third-order valence-electron chi connectivity index (χ3n) is 32.5. The van der Waals surface area contributed by atoms with Crippen LogP contribution in [-0.2, 0) is 49.6 Å². The van der Waals surface area contributed by atoms with E-state index < -0.39 is 90.5 Å². The number of nitrogens with two attached hydrogens (primary N) is 5. The monoisotopic (exact) mass is 2100 g/mol. The SMILES string of the molecule is NC(=O)[C@H]1[C@@H]2CC3CNC(=O)c4cccc(c4)Nc4ncc(F)c(n4)N[C@@H]1[C@@H]3C2.NC(=O)[C@H]1[C@@H]2CC3CNC(=O)c4cccc(c4)Nc4ncc(F)c(n4)N[C@@H]1[C@@H]3C2.NC(=O)[C@H]1[C@@H]2CC3CNS(=O)(=O)c4cccc(c4)Nc4ncc(F)c(n4)N[C@@H]1[C@@H]3C2.NC(=O)[C@H]1[C@@H]2C[C@H]3CCS(=O)(=O)Cc4cccc(c4)Nc4ncc(F)c(n4)N[C@@H]1[C@@H]3C2.NC(=O)[C@H]1[C@H]2C[C@H]3[C@H]1Nc1nc(ncc1F)Nc1cccc(c1)OCCCS[C@@H]3C2. The number of nitrogens with one attached hydrogen (secondary N) is 13. The second kappa shape index (κ2) is 41.5. The number of carbonyl (C=O) groups excluding carboxylic acids is 7. The summed E-state index contributed by atoms with van der Waals surface area (Å²) in [5.41, 5.74) is 33.2. The highest BCUT2D eigenvalue weighted by atomic mass is 32.2. The normalized spacial score (nSPS) is 30.5. The molecule has 10 aliphatic carbocycles. The number of benzene rings is 5. The summed E-state index contributed by atoms with van der Waals surface area (Å²) in [5.74, 6) is -2.82. The third kappa shape index (κ3) is 21.2. The fraction of sp³-hybridized carbons (Fsp3) is 0.436. The van der Waals surface area contributed by atoms with Crippen molar-refractivity contribution < 1.29 is 77.1 Å². The van der Waals surface area contributed by atoms with Crippen molar-refractivity contribution in [1.29, 1.82) is 0 Å². The summed E-state index contributed by atoms with van der Waals surface area (Å²) in [6.45, 7) is 1.88. The number of nitrogens with zero attached hydrogens (tertiary/aromatic N) is 10. The first-order chi connectivity index (χ1) is 71.7. The van der Waals surface area contributed by atoms with Gasteiger partial charge in [0.2, 0.25) is 69.3 Å². The Morgan fingerprint density at radius 1 is 0.369 bits per heavy atom. The Morgan fingerprint density at radius 3 is 1.11 bits per heavy atom. The molecule has 40 nitrogen and oxygen atoms in total. The molecule has 780 valence electrons. The lowest BCUT2D eigenvalue weighted by atomic mass is 9.77. The van der Waals surface area contributed by atoms with Gasteiger partial charge in [0.15, 0.2) is 68.0 Å². The maximum atomic E-state index is 14.5. The molecule has 10 aromatic rings. The summed E-state index contributed by atoms with van der Waals surface area (Å²) in [4.78, 5) is 127. The lowest BCUT2D eigenvalue weighted by Crippen LogP contribution is -2.47. The maximum Gasteiger partial charge on any atom is 0.251 e. The van der Waals surface area contributed by atoms with Gasteiger partial charge in [-0.25, -0.2) is 68.4 Å². The number of amides is 7. The van der Waals surface area contributed by atoms with Crippen molar-refractivity contribution in [3.63, 3.8) is 0 Å². The van der Waals surface area contributed by atoms with E-state index in [1.807, 2.05) is 36.0 Å². The van der Waals surface area contributed by atoms with E-state index in [4.69, 9.17) is 33.4 Å². The van der Waals surface area contributed by atoms with Crippen LogP contribution in [0.2, 0.25) is 0 Å². The molecule has 25 atom stereocenters. The molecule has 7 amide bonds. The highest BCUT2D eigenvalue weighted by molar-refractivity contribution is 7.99. The lowest BCUT2D eigenvalue weighted by molar-refractivity contribution is -0.124. The van der Waals surface area contributed by atoms with Gasteiger partial charge in [0.05, 0.1) is 83.6 Å². The maximum absolute atomic E-state index is 14.5. The van der Waals surface area contributed by atoms with E-state index in [1.54, 1.807) is 84.9 Å². The molecule has 10 fully saturated rings. The van der Waals surface area contributed by atoms with Crippen LogP contribution in [0, 0.1) is 142 Å². The molecular weight excluding hydrogens is 1990 g/mol. The van der Waals surface area contributed by atoms with Gasteiger partial charge >= 0.3 is 0 Å². The van der Waals surface area contributed by atoms with Crippen LogP contribution in [0.1, 0.15) is 103 Å². The second-order valence-electron chi connectivity index (χ2n) is 41.3. The van der Waals surface area contributed by atoms with Crippen molar-refractivity contribution >= 4 is 160 Å². The van der Waals surface area contributed by atoms with E-state index in [0.717, 1.165) is 112 Å². The minimum atomic E-state index is -3.72. The third-order valence-corrected chi connectivity index (χ3v) is 37.0. The number of hydrogen-bond donors (Lipinski definition) is 18. The fourth-order valence-electron chi connectivity index (χ4n) is 26.3. The lowest BCUT2D eigenvalue weighted by Gasteiger charge is -2.35. The molecule has 10 heterocycles. The zero-order valence-electron chi connectivity index (χ0n) is 80.2. The van der Waals surface area contributed by atoms with Crippen molar-refractivity contribution in [3.05, 3.63) is 198 Å². The molecule has 30 bridgehead atoms. The molecule has 0 spiro atoms. The van der Waals surface area contributed by atoms with Crippen molar-refractivity contribution in [2.75, 3.05) is 90.9 Å². The van der Waals surface area contributed by atoms with Crippen LogP contribution in [0.15, 0.2) is 157 Å². The van der Waals surface area contributed by atoms with Gasteiger partial charge in [0.25, 0.3) is 11.8 Å². The summed E-state index contributed by atoms with van der Waals surface area (Å²) in [5, 5.41) is 37.1. The van der Waals surface area contributed by atoms with Crippen LogP contribution in [0.25, 0.3) is 0 Å². The number of rotatable bonds is 5. The number of sulfonamides is 1.